The number of nitrogens with zero attached hydrogens (tertiary/aromatic N) is 3. The Morgan fingerprint density at radius 1 is 1.12 bits per heavy atom. The van der Waals surface area contributed by atoms with Crippen molar-refractivity contribution < 1.29 is 17.3 Å². The van der Waals surface area contributed by atoms with Crippen LogP contribution in [-0.4, -0.2) is 29.4 Å². The van der Waals surface area contributed by atoms with Crippen molar-refractivity contribution >= 4 is 21.6 Å². The molecule has 0 saturated heterocycles. The fourth-order valence-corrected chi connectivity index (χ4v) is 3.83. The molecule has 9 heteroatoms. The Balaban J connectivity index is 1.82. The van der Waals surface area contributed by atoms with E-state index in [0.717, 1.165) is 12.1 Å². The average Bonchev–Trinajstić information content (AvgIpc) is 3.09. The molecule has 136 valence electrons. The lowest BCUT2D eigenvalue weighted by atomic mass is 10.2. The first-order valence-electron chi connectivity index (χ1n) is 7.74. The molecule has 3 aromatic rings. The Kier molecular flexibility index (Phi) is 5.36. The SMILES string of the molecule is CCN(Cc1nc(-c2ccc(Cl)cc2)no1)S(=O)(=O)c1ccc(F)cc1. The van der Waals surface area contributed by atoms with Crippen LogP contribution in [0.15, 0.2) is 57.9 Å². The monoisotopic (exact) mass is 395 g/mol. The minimum Gasteiger partial charge on any atom is -0.338 e. The molecule has 6 nitrogen and oxygen atoms in total. The largest absolute Gasteiger partial charge is 0.338 e. The zero-order chi connectivity index (χ0) is 18.7. The minimum atomic E-state index is -3.81. The lowest BCUT2D eigenvalue weighted by Crippen LogP contribution is -2.30. The highest BCUT2D eigenvalue weighted by molar-refractivity contribution is 7.89. The van der Waals surface area contributed by atoms with Crippen molar-refractivity contribution in [2.45, 2.75) is 18.4 Å². The molecule has 2 aromatic carbocycles. The van der Waals surface area contributed by atoms with E-state index in [0.29, 0.717) is 16.4 Å². The Bertz CT molecular complexity index is 989. The van der Waals surface area contributed by atoms with Gasteiger partial charge in [-0.25, -0.2) is 12.8 Å². The molecular weight excluding hydrogens is 381 g/mol. The predicted molar refractivity (Wildman–Crippen MR) is 94.4 cm³/mol. The van der Waals surface area contributed by atoms with Gasteiger partial charge in [-0.1, -0.05) is 23.7 Å². The van der Waals surface area contributed by atoms with Gasteiger partial charge in [-0.15, -0.1) is 0 Å². The summed E-state index contributed by atoms with van der Waals surface area (Å²) in [6.45, 7) is 1.80. The summed E-state index contributed by atoms with van der Waals surface area (Å²) in [6, 6.07) is 11.5. The van der Waals surface area contributed by atoms with Crippen LogP contribution in [0.2, 0.25) is 5.02 Å². The first-order chi connectivity index (χ1) is 12.4. The molecule has 0 fully saturated rings. The van der Waals surface area contributed by atoms with Gasteiger partial charge in [0.25, 0.3) is 0 Å². The zero-order valence-corrected chi connectivity index (χ0v) is 15.3. The normalized spacial score (nSPS) is 11.8. The second-order valence-corrected chi connectivity index (χ2v) is 7.78. The second kappa shape index (κ2) is 7.53. The summed E-state index contributed by atoms with van der Waals surface area (Å²) in [5.41, 5.74) is 0.703. The van der Waals surface area contributed by atoms with Crippen LogP contribution < -0.4 is 0 Å². The van der Waals surface area contributed by atoms with Crippen LogP contribution in [0.1, 0.15) is 12.8 Å². The number of rotatable bonds is 6. The molecule has 0 radical (unpaired) electrons. The molecule has 26 heavy (non-hydrogen) atoms. The average molecular weight is 396 g/mol. The van der Waals surface area contributed by atoms with E-state index >= 15 is 0 Å². The number of sulfonamides is 1. The van der Waals surface area contributed by atoms with Gasteiger partial charge in [-0.2, -0.15) is 9.29 Å². The summed E-state index contributed by atoms with van der Waals surface area (Å²) in [4.78, 5) is 4.23. The quantitative estimate of drug-likeness (QED) is 0.635. The Hall–Kier alpha value is -2.29. The van der Waals surface area contributed by atoms with Crippen LogP contribution in [0.25, 0.3) is 11.4 Å². The number of hydrogen-bond donors (Lipinski definition) is 0. The summed E-state index contributed by atoms with van der Waals surface area (Å²) in [5, 5.41) is 4.45. The molecule has 0 amide bonds. The number of hydrogen-bond acceptors (Lipinski definition) is 5. The van der Waals surface area contributed by atoms with Crippen molar-refractivity contribution in [2.24, 2.45) is 0 Å². The number of benzene rings is 2. The van der Waals surface area contributed by atoms with Gasteiger partial charge in [0.2, 0.25) is 21.7 Å². The summed E-state index contributed by atoms with van der Waals surface area (Å²) in [6.07, 6.45) is 0. The zero-order valence-electron chi connectivity index (χ0n) is 13.8. The molecule has 0 aliphatic carbocycles. The van der Waals surface area contributed by atoms with Crippen molar-refractivity contribution in [1.29, 1.82) is 0 Å². The van der Waals surface area contributed by atoms with Crippen LogP contribution in [0.4, 0.5) is 4.39 Å². The molecule has 0 unspecified atom stereocenters. The first kappa shape index (κ1) is 18.5. The number of halogens is 2. The highest BCUT2D eigenvalue weighted by Gasteiger charge is 2.25. The highest BCUT2D eigenvalue weighted by atomic mass is 35.5. The Morgan fingerprint density at radius 3 is 2.38 bits per heavy atom. The second-order valence-electron chi connectivity index (χ2n) is 5.40. The van der Waals surface area contributed by atoms with E-state index in [1.54, 1.807) is 31.2 Å². The fraction of sp³-hybridized carbons (Fsp3) is 0.176. The molecule has 1 aromatic heterocycles. The molecule has 3 rings (SSSR count). The summed E-state index contributed by atoms with van der Waals surface area (Å²) in [5.74, 6) is -0.00843. The number of aromatic nitrogens is 2. The van der Waals surface area contributed by atoms with Crippen LogP contribution in [0.3, 0.4) is 0 Å². The van der Waals surface area contributed by atoms with E-state index in [1.165, 1.54) is 16.4 Å². The van der Waals surface area contributed by atoms with Crippen molar-refractivity contribution in [3.05, 3.63) is 65.3 Å². The topological polar surface area (TPSA) is 76.3 Å². The molecule has 0 N–H and O–H groups in total. The van der Waals surface area contributed by atoms with Crippen LogP contribution >= 0.6 is 11.6 Å². The lowest BCUT2D eigenvalue weighted by molar-refractivity contribution is 0.321. The minimum absolute atomic E-state index is 0.00168. The maximum absolute atomic E-state index is 13.0. The van der Waals surface area contributed by atoms with Gasteiger partial charge in [-0.3, -0.25) is 0 Å². The van der Waals surface area contributed by atoms with Crippen LogP contribution in [-0.2, 0) is 16.6 Å². The van der Waals surface area contributed by atoms with Gasteiger partial charge in [-0.05, 0) is 48.5 Å². The molecule has 0 atom stereocenters. The molecule has 0 aliphatic rings. The molecular formula is C17H15ClFN3O3S. The van der Waals surface area contributed by atoms with Crippen LogP contribution in [0.5, 0.6) is 0 Å². The third kappa shape index (κ3) is 3.92. The van der Waals surface area contributed by atoms with E-state index in [9.17, 15) is 12.8 Å². The first-order valence-corrected chi connectivity index (χ1v) is 9.56. The fourth-order valence-electron chi connectivity index (χ4n) is 2.31. The highest BCUT2D eigenvalue weighted by Crippen LogP contribution is 2.21. The van der Waals surface area contributed by atoms with E-state index in [2.05, 4.69) is 10.1 Å². The molecule has 1 heterocycles. The third-order valence-corrected chi connectivity index (χ3v) is 5.87. The van der Waals surface area contributed by atoms with Crippen molar-refractivity contribution in [2.75, 3.05) is 6.54 Å². The molecule has 0 spiro atoms. The molecule has 0 saturated carbocycles. The lowest BCUT2D eigenvalue weighted by Gasteiger charge is -2.18. The smallest absolute Gasteiger partial charge is 0.243 e. The maximum Gasteiger partial charge on any atom is 0.243 e. The van der Waals surface area contributed by atoms with E-state index in [1.807, 2.05) is 0 Å². The van der Waals surface area contributed by atoms with Crippen LogP contribution in [0, 0.1) is 5.82 Å². The maximum atomic E-state index is 13.0. The standard InChI is InChI=1S/C17H15ClFN3O3S/c1-2-22(26(23,24)15-9-7-14(19)8-10-15)11-16-20-17(21-25-16)12-3-5-13(18)6-4-12/h3-10H,2,11H2,1H3. The van der Waals surface area contributed by atoms with Gasteiger partial charge in [0, 0.05) is 17.1 Å². The van der Waals surface area contributed by atoms with E-state index in [-0.39, 0.29) is 23.9 Å². The van der Waals surface area contributed by atoms with Crippen molar-refractivity contribution in [3.8, 4) is 11.4 Å². The van der Waals surface area contributed by atoms with Gasteiger partial charge >= 0.3 is 0 Å². The summed E-state index contributed by atoms with van der Waals surface area (Å²) < 4.78 is 44.8. The third-order valence-electron chi connectivity index (χ3n) is 3.69. The summed E-state index contributed by atoms with van der Waals surface area (Å²) >= 11 is 5.85. The van der Waals surface area contributed by atoms with Gasteiger partial charge in [0.1, 0.15) is 5.82 Å². The van der Waals surface area contributed by atoms with Gasteiger partial charge < -0.3 is 4.52 Å². The van der Waals surface area contributed by atoms with Crippen molar-refractivity contribution in [3.63, 3.8) is 0 Å². The Morgan fingerprint density at radius 2 is 1.77 bits per heavy atom. The summed E-state index contributed by atoms with van der Waals surface area (Å²) in [7, 11) is -3.81. The van der Waals surface area contributed by atoms with Gasteiger partial charge in [0.15, 0.2) is 0 Å². The molecule has 0 aliphatic heterocycles. The van der Waals surface area contributed by atoms with E-state index < -0.39 is 15.8 Å². The Labute approximate surface area is 155 Å². The predicted octanol–water partition coefficient (Wildman–Crippen LogP) is 3.74. The van der Waals surface area contributed by atoms with E-state index in [4.69, 9.17) is 16.1 Å². The molecule has 0 bridgehead atoms. The van der Waals surface area contributed by atoms with Gasteiger partial charge in [0.05, 0.1) is 11.4 Å². The van der Waals surface area contributed by atoms with Crippen molar-refractivity contribution in [1.82, 2.24) is 14.4 Å².